The summed E-state index contributed by atoms with van der Waals surface area (Å²) in [5.41, 5.74) is 0.455. The average molecular weight is 290 g/mol. The maximum Gasteiger partial charge on any atom is 0.306 e. The zero-order valence-electron chi connectivity index (χ0n) is 10.00. The molecule has 1 N–H and O–H groups in total. The summed E-state index contributed by atoms with van der Waals surface area (Å²) in [5.74, 6) is -0.864. The van der Waals surface area contributed by atoms with Crippen LogP contribution in [0.15, 0.2) is 18.2 Å². The third kappa shape index (κ3) is 4.55. The van der Waals surface area contributed by atoms with Gasteiger partial charge in [0.25, 0.3) is 5.91 Å². The maximum atomic E-state index is 11.7. The van der Waals surface area contributed by atoms with E-state index in [2.05, 4.69) is 5.32 Å². The van der Waals surface area contributed by atoms with Gasteiger partial charge in [-0.1, -0.05) is 30.1 Å². The number of nitrogens with one attached hydrogen (secondary N) is 1. The number of ether oxygens (including phenoxy) is 1. The molecule has 18 heavy (non-hydrogen) atoms. The van der Waals surface area contributed by atoms with Crippen LogP contribution in [-0.4, -0.2) is 18.0 Å². The molecule has 0 aliphatic carbocycles. The first-order valence-corrected chi connectivity index (χ1v) is 6.14. The lowest BCUT2D eigenvalue weighted by Crippen LogP contribution is -2.29. The van der Waals surface area contributed by atoms with Crippen LogP contribution in [0.3, 0.4) is 0 Å². The third-order valence-corrected chi connectivity index (χ3v) is 2.53. The van der Waals surface area contributed by atoms with Gasteiger partial charge in [-0.2, -0.15) is 0 Å². The van der Waals surface area contributed by atoms with Gasteiger partial charge in [0.2, 0.25) is 0 Å². The maximum absolute atomic E-state index is 11.7. The van der Waals surface area contributed by atoms with E-state index in [1.807, 2.05) is 0 Å². The standard InChI is InChI=1S/C12H13Cl2NO3/c1-3-11(16)18-7(2)12(17)15-10-5-8(13)4-9(14)6-10/h4-7H,3H2,1-2H3,(H,15,17)/t7-/m0/s1. The minimum absolute atomic E-state index is 0.223. The molecule has 0 aliphatic rings. The molecule has 1 amide bonds. The molecule has 0 bridgehead atoms. The molecule has 1 rings (SSSR count). The second-order valence-corrected chi connectivity index (χ2v) is 4.51. The Morgan fingerprint density at radius 3 is 2.33 bits per heavy atom. The number of carbonyl (C=O) groups excluding carboxylic acids is 2. The highest BCUT2D eigenvalue weighted by Crippen LogP contribution is 2.22. The predicted octanol–water partition coefficient (Wildman–Crippen LogP) is 3.27. The second kappa shape index (κ2) is 6.61. The highest BCUT2D eigenvalue weighted by molar-refractivity contribution is 6.35. The SMILES string of the molecule is CCC(=O)O[C@@H](C)C(=O)Nc1cc(Cl)cc(Cl)c1. The van der Waals surface area contributed by atoms with Gasteiger partial charge in [-0.25, -0.2) is 0 Å². The summed E-state index contributed by atoms with van der Waals surface area (Å²) in [4.78, 5) is 22.8. The van der Waals surface area contributed by atoms with Crippen molar-refractivity contribution in [2.75, 3.05) is 5.32 Å². The van der Waals surface area contributed by atoms with E-state index in [1.54, 1.807) is 25.1 Å². The Morgan fingerprint density at radius 2 is 1.83 bits per heavy atom. The lowest BCUT2D eigenvalue weighted by molar-refractivity contribution is -0.152. The van der Waals surface area contributed by atoms with E-state index in [0.29, 0.717) is 15.7 Å². The van der Waals surface area contributed by atoms with Crippen molar-refractivity contribution in [3.8, 4) is 0 Å². The molecule has 0 saturated heterocycles. The summed E-state index contributed by atoms with van der Waals surface area (Å²) in [6.07, 6.45) is -0.643. The largest absolute Gasteiger partial charge is 0.453 e. The van der Waals surface area contributed by atoms with E-state index < -0.39 is 18.0 Å². The third-order valence-electron chi connectivity index (χ3n) is 2.10. The Hall–Kier alpha value is -1.26. The van der Waals surface area contributed by atoms with E-state index >= 15 is 0 Å². The van der Waals surface area contributed by atoms with Crippen molar-refractivity contribution in [3.05, 3.63) is 28.2 Å². The fourth-order valence-corrected chi connectivity index (χ4v) is 1.73. The molecule has 0 aliphatic heterocycles. The first-order valence-electron chi connectivity index (χ1n) is 5.38. The molecule has 98 valence electrons. The molecule has 0 unspecified atom stereocenters. The number of halogens is 2. The number of hydrogen-bond acceptors (Lipinski definition) is 3. The summed E-state index contributed by atoms with van der Waals surface area (Å²) >= 11 is 11.6. The summed E-state index contributed by atoms with van der Waals surface area (Å²) in [7, 11) is 0. The normalized spacial score (nSPS) is 11.8. The molecule has 0 spiro atoms. The van der Waals surface area contributed by atoms with Crippen molar-refractivity contribution in [3.63, 3.8) is 0 Å². The Labute approximate surface area is 115 Å². The second-order valence-electron chi connectivity index (χ2n) is 3.63. The van der Waals surface area contributed by atoms with E-state index in [4.69, 9.17) is 27.9 Å². The van der Waals surface area contributed by atoms with Crippen molar-refractivity contribution in [2.24, 2.45) is 0 Å². The Morgan fingerprint density at radius 1 is 1.28 bits per heavy atom. The van der Waals surface area contributed by atoms with Gasteiger partial charge in [0.05, 0.1) is 0 Å². The van der Waals surface area contributed by atoms with Gasteiger partial charge >= 0.3 is 5.97 Å². The fourth-order valence-electron chi connectivity index (χ4n) is 1.20. The number of esters is 1. The van der Waals surface area contributed by atoms with Crippen molar-refractivity contribution >= 4 is 40.8 Å². The molecule has 1 atom stereocenters. The van der Waals surface area contributed by atoms with Gasteiger partial charge in [0, 0.05) is 22.2 Å². The van der Waals surface area contributed by atoms with Crippen molar-refractivity contribution in [2.45, 2.75) is 26.4 Å². The monoisotopic (exact) mass is 289 g/mol. The number of amides is 1. The van der Waals surface area contributed by atoms with Crippen LogP contribution < -0.4 is 5.32 Å². The lowest BCUT2D eigenvalue weighted by atomic mass is 10.3. The molecule has 4 nitrogen and oxygen atoms in total. The summed E-state index contributed by atoms with van der Waals surface area (Å²) in [5, 5.41) is 3.39. The van der Waals surface area contributed by atoms with Crippen LogP contribution >= 0.6 is 23.2 Å². The zero-order valence-corrected chi connectivity index (χ0v) is 11.5. The van der Waals surface area contributed by atoms with Crippen LogP contribution in [0.25, 0.3) is 0 Å². The Kier molecular flexibility index (Phi) is 5.44. The minimum atomic E-state index is -0.866. The average Bonchev–Trinajstić information content (AvgIpc) is 2.27. The van der Waals surface area contributed by atoms with E-state index in [9.17, 15) is 9.59 Å². The first-order chi connectivity index (χ1) is 8.42. The van der Waals surface area contributed by atoms with Crippen molar-refractivity contribution in [1.82, 2.24) is 0 Å². The molecule has 6 heteroatoms. The van der Waals surface area contributed by atoms with Crippen LogP contribution in [0.4, 0.5) is 5.69 Å². The predicted molar refractivity (Wildman–Crippen MR) is 70.9 cm³/mol. The highest BCUT2D eigenvalue weighted by atomic mass is 35.5. The van der Waals surface area contributed by atoms with Crippen LogP contribution in [0.2, 0.25) is 10.0 Å². The Balaban J connectivity index is 2.66. The summed E-state index contributed by atoms with van der Waals surface area (Å²) < 4.78 is 4.88. The highest BCUT2D eigenvalue weighted by Gasteiger charge is 2.17. The number of hydrogen-bond donors (Lipinski definition) is 1. The number of rotatable bonds is 4. The van der Waals surface area contributed by atoms with Crippen LogP contribution in [0, 0.1) is 0 Å². The Bertz CT molecular complexity index is 442. The van der Waals surface area contributed by atoms with Gasteiger partial charge in [-0.15, -0.1) is 0 Å². The number of anilines is 1. The minimum Gasteiger partial charge on any atom is -0.453 e. The van der Waals surface area contributed by atoms with Crippen LogP contribution in [0.5, 0.6) is 0 Å². The van der Waals surface area contributed by atoms with Crippen LogP contribution in [0.1, 0.15) is 20.3 Å². The number of carbonyl (C=O) groups is 2. The van der Waals surface area contributed by atoms with Gasteiger partial charge in [0.15, 0.2) is 6.10 Å². The molecule has 0 fully saturated rings. The van der Waals surface area contributed by atoms with E-state index in [-0.39, 0.29) is 6.42 Å². The summed E-state index contributed by atoms with van der Waals surface area (Å²) in [6.45, 7) is 3.15. The molecule has 1 aromatic carbocycles. The van der Waals surface area contributed by atoms with Gasteiger partial charge in [-0.05, 0) is 25.1 Å². The number of benzene rings is 1. The van der Waals surface area contributed by atoms with Gasteiger partial charge < -0.3 is 10.1 Å². The van der Waals surface area contributed by atoms with Gasteiger partial charge in [-0.3, -0.25) is 9.59 Å². The smallest absolute Gasteiger partial charge is 0.306 e. The fraction of sp³-hybridized carbons (Fsp3) is 0.333. The zero-order chi connectivity index (χ0) is 13.7. The van der Waals surface area contributed by atoms with E-state index in [1.165, 1.54) is 6.92 Å². The van der Waals surface area contributed by atoms with E-state index in [0.717, 1.165) is 0 Å². The molecule has 0 aromatic heterocycles. The van der Waals surface area contributed by atoms with Gasteiger partial charge in [0.1, 0.15) is 0 Å². The first kappa shape index (κ1) is 14.8. The van der Waals surface area contributed by atoms with Crippen molar-refractivity contribution < 1.29 is 14.3 Å². The molecule has 0 saturated carbocycles. The lowest BCUT2D eigenvalue weighted by Gasteiger charge is -2.13. The quantitative estimate of drug-likeness (QED) is 0.866. The van der Waals surface area contributed by atoms with Crippen molar-refractivity contribution in [1.29, 1.82) is 0 Å². The molecule has 1 aromatic rings. The summed E-state index contributed by atoms with van der Waals surface area (Å²) in [6, 6.07) is 4.67. The molecule has 0 radical (unpaired) electrons. The molecule has 0 heterocycles. The molecular weight excluding hydrogens is 277 g/mol. The topological polar surface area (TPSA) is 55.4 Å². The van der Waals surface area contributed by atoms with Crippen LogP contribution in [-0.2, 0) is 14.3 Å². The molecular formula is C12H13Cl2NO3.